The molecule has 28 heavy (non-hydrogen) atoms. The maximum atomic E-state index is 12.8. The number of amides is 1. The summed E-state index contributed by atoms with van der Waals surface area (Å²) in [6.07, 6.45) is -0.435. The Morgan fingerprint density at radius 2 is 1.86 bits per heavy atom. The fraction of sp³-hybridized carbons (Fsp3) is 0.450. The van der Waals surface area contributed by atoms with Gasteiger partial charge in [-0.05, 0) is 45.4 Å². The highest BCUT2D eigenvalue weighted by Crippen LogP contribution is 2.26. The van der Waals surface area contributed by atoms with Crippen molar-refractivity contribution in [2.45, 2.75) is 46.3 Å². The van der Waals surface area contributed by atoms with Crippen LogP contribution in [0.5, 0.6) is 5.75 Å². The predicted molar refractivity (Wildman–Crippen MR) is 108 cm³/mol. The molecule has 0 radical (unpaired) electrons. The predicted octanol–water partition coefficient (Wildman–Crippen LogP) is 4.20. The van der Waals surface area contributed by atoms with E-state index in [4.69, 9.17) is 14.2 Å². The molecule has 152 valence electrons. The summed E-state index contributed by atoms with van der Waals surface area (Å²) in [5.74, 6) is 0.386. The van der Waals surface area contributed by atoms with Crippen LogP contribution < -0.4 is 9.64 Å². The lowest BCUT2D eigenvalue weighted by molar-refractivity contribution is -0.142. The number of hydrogen-bond donors (Lipinski definition) is 0. The van der Waals surface area contributed by atoms with Crippen LogP contribution in [0.15, 0.2) is 29.6 Å². The normalized spacial score (nSPS) is 11.0. The molecule has 1 amide bonds. The maximum Gasteiger partial charge on any atom is 0.416 e. The van der Waals surface area contributed by atoms with Gasteiger partial charge in [0.1, 0.15) is 11.4 Å². The third-order valence-electron chi connectivity index (χ3n) is 3.51. The summed E-state index contributed by atoms with van der Waals surface area (Å²) in [7, 11) is 1.60. The number of rotatable bonds is 7. The van der Waals surface area contributed by atoms with Gasteiger partial charge in [-0.1, -0.05) is 12.1 Å². The quantitative estimate of drug-likeness (QED) is 0.642. The molecule has 0 atom stereocenters. The van der Waals surface area contributed by atoms with Crippen LogP contribution in [0.1, 0.15) is 39.0 Å². The van der Waals surface area contributed by atoms with Crippen molar-refractivity contribution in [1.82, 2.24) is 4.98 Å². The van der Waals surface area contributed by atoms with Crippen molar-refractivity contribution < 1.29 is 23.8 Å². The molecule has 2 rings (SSSR count). The van der Waals surface area contributed by atoms with Gasteiger partial charge in [-0.25, -0.2) is 14.7 Å². The molecule has 0 saturated heterocycles. The molecule has 0 unspecified atom stereocenters. The van der Waals surface area contributed by atoms with Crippen LogP contribution in [-0.2, 0) is 27.2 Å². The second kappa shape index (κ2) is 9.54. The Morgan fingerprint density at radius 1 is 1.18 bits per heavy atom. The van der Waals surface area contributed by atoms with Gasteiger partial charge in [0.25, 0.3) is 0 Å². The highest BCUT2D eigenvalue weighted by atomic mass is 32.1. The zero-order valence-electron chi connectivity index (χ0n) is 16.9. The fourth-order valence-corrected chi connectivity index (χ4v) is 3.12. The van der Waals surface area contributed by atoms with Crippen molar-refractivity contribution in [3.63, 3.8) is 0 Å². The second-order valence-electron chi connectivity index (χ2n) is 7.02. The maximum absolute atomic E-state index is 12.8. The molecule has 0 aliphatic heterocycles. The Morgan fingerprint density at radius 3 is 2.43 bits per heavy atom. The number of carbonyl (C=O) groups is 2. The lowest BCUT2D eigenvalue weighted by Crippen LogP contribution is -2.36. The van der Waals surface area contributed by atoms with Crippen LogP contribution in [-0.4, -0.2) is 36.4 Å². The number of ether oxygens (including phenoxy) is 3. The number of esters is 1. The first kappa shape index (κ1) is 21.7. The van der Waals surface area contributed by atoms with Crippen molar-refractivity contribution in [2.75, 3.05) is 18.6 Å². The Bertz CT molecular complexity index is 796. The van der Waals surface area contributed by atoms with Gasteiger partial charge in [0, 0.05) is 5.38 Å². The minimum Gasteiger partial charge on any atom is -0.497 e. The van der Waals surface area contributed by atoms with Crippen LogP contribution >= 0.6 is 11.3 Å². The van der Waals surface area contributed by atoms with E-state index in [1.807, 2.05) is 45.0 Å². The number of anilines is 1. The number of carbonyl (C=O) groups excluding carboxylic acids is 2. The Kier molecular flexibility index (Phi) is 7.39. The van der Waals surface area contributed by atoms with E-state index >= 15 is 0 Å². The molecule has 0 N–H and O–H groups in total. The third kappa shape index (κ3) is 6.53. The summed E-state index contributed by atoms with van der Waals surface area (Å²) >= 11 is 1.28. The highest BCUT2D eigenvalue weighted by molar-refractivity contribution is 7.14. The Hall–Kier alpha value is -2.61. The van der Waals surface area contributed by atoms with E-state index in [2.05, 4.69) is 4.98 Å². The van der Waals surface area contributed by atoms with Gasteiger partial charge in [0.2, 0.25) is 0 Å². The lowest BCUT2D eigenvalue weighted by atomic mass is 10.2. The van der Waals surface area contributed by atoms with Gasteiger partial charge in [0.15, 0.2) is 5.13 Å². The largest absolute Gasteiger partial charge is 0.497 e. The molecular formula is C20H26N2O5S. The summed E-state index contributed by atoms with van der Waals surface area (Å²) in [5, 5.41) is 2.21. The molecule has 8 heteroatoms. The van der Waals surface area contributed by atoms with E-state index in [1.165, 1.54) is 16.2 Å². The molecule has 1 aromatic heterocycles. The van der Waals surface area contributed by atoms with Crippen LogP contribution in [0, 0.1) is 0 Å². The Labute approximate surface area is 169 Å². The van der Waals surface area contributed by atoms with Gasteiger partial charge < -0.3 is 14.2 Å². The van der Waals surface area contributed by atoms with Crippen molar-refractivity contribution >= 4 is 28.5 Å². The summed E-state index contributed by atoms with van der Waals surface area (Å²) in [4.78, 5) is 30.4. The van der Waals surface area contributed by atoms with E-state index < -0.39 is 11.7 Å². The molecule has 0 bridgehead atoms. The zero-order valence-corrected chi connectivity index (χ0v) is 17.7. The molecule has 2 aromatic rings. The van der Waals surface area contributed by atoms with E-state index in [-0.39, 0.29) is 18.9 Å². The summed E-state index contributed by atoms with van der Waals surface area (Å²) < 4.78 is 15.7. The number of thiazole rings is 1. The summed E-state index contributed by atoms with van der Waals surface area (Å²) in [6, 6.07) is 7.42. The van der Waals surface area contributed by atoms with Crippen molar-refractivity contribution in [3.05, 3.63) is 40.9 Å². The topological polar surface area (TPSA) is 78.0 Å². The number of hydrogen-bond acceptors (Lipinski definition) is 7. The number of benzene rings is 1. The molecule has 0 aliphatic carbocycles. The number of aromatic nitrogens is 1. The average molecular weight is 407 g/mol. The van der Waals surface area contributed by atoms with Gasteiger partial charge >= 0.3 is 12.1 Å². The van der Waals surface area contributed by atoms with Crippen molar-refractivity contribution in [1.29, 1.82) is 0 Å². The highest BCUT2D eigenvalue weighted by Gasteiger charge is 2.26. The van der Waals surface area contributed by atoms with Crippen molar-refractivity contribution in [2.24, 2.45) is 0 Å². The first-order valence-corrected chi connectivity index (χ1v) is 9.83. The molecule has 1 aromatic carbocycles. The monoisotopic (exact) mass is 406 g/mol. The second-order valence-corrected chi connectivity index (χ2v) is 7.85. The number of methoxy groups -OCH3 is 1. The van der Waals surface area contributed by atoms with Crippen molar-refractivity contribution in [3.8, 4) is 5.75 Å². The molecule has 0 fully saturated rings. The molecule has 0 saturated carbocycles. The summed E-state index contributed by atoms with van der Waals surface area (Å²) in [6.45, 7) is 7.78. The minimum atomic E-state index is -0.639. The molecule has 0 spiro atoms. The molecule has 1 heterocycles. The smallest absolute Gasteiger partial charge is 0.416 e. The fourth-order valence-electron chi connectivity index (χ4n) is 2.30. The molecular weight excluding hydrogens is 380 g/mol. The van der Waals surface area contributed by atoms with Crippen LogP contribution in [0.25, 0.3) is 0 Å². The van der Waals surface area contributed by atoms with Gasteiger partial charge in [-0.3, -0.25) is 4.79 Å². The van der Waals surface area contributed by atoms with Gasteiger partial charge in [-0.15, -0.1) is 11.3 Å². The van der Waals surface area contributed by atoms with E-state index in [0.29, 0.717) is 17.4 Å². The first-order valence-electron chi connectivity index (χ1n) is 8.95. The zero-order chi connectivity index (χ0) is 20.7. The van der Waals surface area contributed by atoms with E-state index in [1.54, 1.807) is 19.4 Å². The van der Waals surface area contributed by atoms with Gasteiger partial charge in [0.05, 0.1) is 32.4 Å². The molecule has 0 aliphatic rings. The van der Waals surface area contributed by atoms with Gasteiger partial charge in [-0.2, -0.15) is 0 Å². The number of nitrogens with zero attached hydrogens (tertiary/aromatic N) is 2. The SMILES string of the molecule is CCOC(=O)Cc1csc(N(Cc2ccc(OC)cc2)C(=O)OC(C)(C)C)n1. The van der Waals surface area contributed by atoms with Crippen LogP contribution in [0.4, 0.5) is 9.93 Å². The average Bonchev–Trinajstić information content (AvgIpc) is 3.06. The standard InChI is InChI=1S/C20H26N2O5S/c1-6-26-17(23)11-15-13-28-18(21-15)22(19(24)27-20(2,3)4)12-14-7-9-16(25-5)10-8-14/h7-10,13H,6,11-12H2,1-5H3. The first-order chi connectivity index (χ1) is 13.2. The Balaban J connectivity index is 2.23. The summed E-state index contributed by atoms with van der Waals surface area (Å²) in [5.41, 5.74) is 0.816. The lowest BCUT2D eigenvalue weighted by Gasteiger charge is -2.26. The van der Waals surface area contributed by atoms with Crippen LogP contribution in [0.2, 0.25) is 0 Å². The minimum absolute atomic E-state index is 0.0645. The third-order valence-corrected chi connectivity index (χ3v) is 4.43. The van der Waals surface area contributed by atoms with Crippen LogP contribution in [0.3, 0.4) is 0 Å². The van der Waals surface area contributed by atoms with E-state index in [9.17, 15) is 9.59 Å². The van der Waals surface area contributed by atoms with E-state index in [0.717, 1.165) is 11.3 Å². The molecule has 7 nitrogen and oxygen atoms in total.